The van der Waals surface area contributed by atoms with Crippen molar-refractivity contribution in [2.75, 3.05) is 80.8 Å². The van der Waals surface area contributed by atoms with Crippen molar-refractivity contribution < 1.29 is 19.0 Å². The SMILES string of the molecule is COc1ccc(CCNC(=NCC(=O)N(C)C)NCCCN2CCOCC2)cc1OC.I. The molecule has 0 saturated carbocycles. The van der Waals surface area contributed by atoms with Crippen molar-refractivity contribution in [1.29, 1.82) is 0 Å². The van der Waals surface area contributed by atoms with Gasteiger partial charge in [0.15, 0.2) is 17.5 Å². The number of rotatable bonds is 11. The van der Waals surface area contributed by atoms with Gasteiger partial charge in [0.05, 0.1) is 27.4 Å². The van der Waals surface area contributed by atoms with Crippen LogP contribution in [0.5, 0.6) is 11.5 Å². The molecule has 0 atom stereocenters. The van der Waals surface area contributed by atoms with Crippen LogP contribution in [0.25, 0.3) is 0 Å². The summed E-state index contributed by atoms with van der Waals surface area (Å²) >= 11 is 0. The Kier molecular flexibility index (Phi) is 14.1. The predicted octanol–water partition coefficient (Wildman–Crippen LogP) is 1.21. The van der Waals surface area contributed by atoms with Crippen LogP contribution in [-0.2, 0) is 16.0 Å². The lowest BCUT2D eigenvalue weighted by atomic mass is 10.1. The molecule has 1 aliphatic rings. The Morgan fingerprint density at radius 2 is 1.81 bits per heavy atom. The Labute approximate surface area is 208 Å². The number of amides is 1. The number of guanidine groups is 1. The summed E-state index contributed by atoms with van der Waals surface area (Å²) in [6, 6.07) is 5.90. The minimum Gasteiger partial charge on any atom is -0.493 e. The summed E-state index contributed by atoms with van der Waals surface area (Å²) in [5, 5.41) is 6.68. The standard InChI is InChI=1S/C22H37N5O4.HI/c1-26(2)21(28)17-25-22(23-9-5-11-27-12-14-31-15-13-27)24-10-8-18-6-7-19(29-3)20(16-18)30-4;/h6-7,16H,5,8-15,17H2,1-4H3,(H2,23,24,25);1H. The number of hydrogen-bond acceptors (Lipinski definition) is 6. The molecule has 1 amide bonds. The van der Waals surface area contributed by atoms with Crippen molar-refractivity contribution in [2.45, 2.75) is 12.8 Å². The molecule has 1 aromatic carbocycles. The molecule has 0 bridgehead atoms. The van der Waals surface area contributed by atoms with E-state index in [2.05, 4.69) is 20.5 Å². The first-order valence-corrected chi connectivity index (χ1v) is 10.8. The molecule has 1 heterocycles. The Balaban J connectivity index is 0.00000512. The second-order valence-corrected chi connectivity index (χ2v) is 7.55. The average Bonchev–Trinajstić information content (AvgIpc) is 2.79. The topological polar surface area (TPSA) is 87.7 Å². The molecule has 9 nitrogen and oxygen atoms in total. The predicted molar refractivity (Wildman–Crippen MR) is 138 cm³/mol. The summed E-state index contributed by atoms with van der Waals surface area (Å²) < 4.78 is 16.1. The monoisotopic (exact) mass is 563 g/mol. The highest BCUT2D eigenvalue weighted by atomic mass is 127. The van der Waals surface area contributed by atoms with Gasteiger partial charge in [-0.3, -0.25) is 9.69 Å². The first-order valence-electron chi connectivity index (χ1n) is 10.8. The van der Waals surface area contributed by atoms with Gasteiger partial charge < -0.3 is 29.7 Å². The van der Waals surface area contributed by atoms with Gasteiger partial charge in [-0.05, 0) is 37.1 Å². The van der Waals surface area contributed by atoms with Crippen LogP contribution >= 0.6 is 24.0 Å². The van der Waals surface area contributed by atoms with Crippen molar-refractivity contribution in [1.82, 2.24) is 20.4 Å². The second kappa shape index (κ2) is 15.9. The Morgan fingerprint density at radius 3 is 2.47 bits per heavy atom. The van der Waals surface area contributed by atoms with E-state index < -0.39 is 0 Å². The lowest BCUT2D eigenvalue weighted by Gasteiger charge is -2.26. The Bertz CT molecular complexity index is 712. The normalized spacial score (nSPS) is 14.3. The number of methoxy groups -OCH3 is 2. The third-order valence-corrected chi connectivity index (χ3v) is 5.07. The third kappa shape index (κ3) is 10.2. The minimum atomic E-state index is -0.0330. The highest BCUT2D eigenvalue weighted by molar-refractivity contribution is 14.0. The molecule has 0 unspecified atom stereocenters. The number of hydrogen-bond donors (Lipinski definition) is 2. The number of benzene rings is 1. The Hall–Kier alpha value is -1.79. The van der Waals surface area contributed by atoms with Crippen LogP contribution in [0, 0.1) is 0 Å². The highest BCUT2D eigenvalue weighted by Gasteiger charge is 2.10. The van der Waals surface area contributed by atoms with Crippen molar-refractivity contribution in [3.05, 3.63) is 23.8 Å². The van der Waals surface area contributed by atoms with Crippen molar-refractivity contribution >= 4 is 35.8 Å². The summed E-state index contributed by atoms with van der Waals surface area (Å²) in [5.74, 6) is 2.05. The van der Waals surface area contributed by atoms with E-state index in [1.807, 2.05) is 18.2 Å². The number of halogens is 1. The van der Waals surface area contributed by atoms with Gasteiger partial charge in [-0.2, -0.15) is 0 Å². The van der Waals surface area contributed by atoms with Crippen LogP contribution in [-0.4, -0.2) is 102 Å². The summed E-state index contributed by atoms with van der Waals surface area (Å²) in [5.41, 5.74) is 1.13. The van der Waals surface area contributed by atoms with E-state index in [1.165, 1.54) is 0 Å². The fourth-order valence-electron chi connectivity index (χ4n) is 3.16. The quantitative estimate of drug-likeness (QED) is 0.181. The molecule has 182 valence electrons. The van der Waals surface area contributed by atoms with Gasteiger partial charge in [0.2, 0.25) is 5.91 Å². The maximum Gasteiger partial charge on any atom is 0.243 e. The highest BCUT2D eigenvalue weighted by Crippen LogP contribution is 2.27. The largest absolute Gasteiger partial charge is 0.493 e. The summed E-state index contributed by atoms with van der Waals surface area (Å²) in [7, 11) is 6.73. The summed E-state index contributed by atoms with van der Waals surface area (Å²) in [6.45, 7) is 6.20. The van der Waals surface area contributed by atoms with Crippen LogP contribution in [0.2, 0.25) is 0 Å². The smallest absolute Gasteiger partial charge is 0.243 e. The van der Waals surface area contributed by atoms with E-state index in [4.69, 9.17) is 14.2 Å². The van der Waals surface area contributed by atoms with Gasteiger partial charge in [-0.25, -0.2) is 4.99 Å². The number of ether oxygens (including phenoxy) is 3. The maximum atomic E-state index is 11.9. The van der Waals surface area contributed by atoms with Crippen molar-refractivity contribution in [3.8, 4) is 11.5 Å². The van der Waals surface area contributed by atoms with Gasteiger partial charge in [0.25, 0.3) is 0 Å². The number of carbonyl (C=O) groups is 1. The lowest BCUT2D eigenvalue weighted by Crippen LogP contribution is -2.41. The number of carbonyl (C=O) groups excluding carboxylic acids is 1. The van der Waals surface area contributed by atoms with Gasteiger partial charge in [0.1, 0.15) is 6.54 Å². The molecule has 32 heavy (non-hydrogen) atoms. The number of morpholine rings is 1. The summed E-state index contributed by atoms with van der Waals surface area (Å²) in [6.07, 6.45) is 1.79. The van der Waals surface area contributed by atoms with Crippen LogP contribution < -0.4 is 20.1 Å². The summed E-state index contributed by atoms with van der Waals surface area (Å²) in [4.78, 5) is 20.3. The number of nitrogens with one attached hydrogen (secondary N) is 2. The van der Waals surface area contributed by atoms with Gasteiger partial charge in [-0.1, -0.05) is 6.07 Å². The van der Waals surface area contributed by atoms with Crippen LogP contribution in [0.4, 0.5) is 0 Å². The molecule has 0 radical (unpaired) electrons. The maximum absolute atomic E-state index is 11.9. The minimum absolute atomic E-state index is 0. The van der Waals surface area contributed by atoms with E-state index in [-0.39, 0.29) is 36.4 Å². The molecular formula is C22H38IN5O4. The second-order valence-electron chi connectivity index (χ2n) is 7.55. The van der Waals surface area contributed by atoms with E-state index in [0.717, 1.165) is 57.8 Å². The van der Waals surface area contributed by atoms with Gasteiger partial charge in [0, 0.05) is 40.3 Å². The van der Waals surface area contributed by atoms with E-state index in [0.29, 0.717) is 24.0 Å². The molecule has 0 aromatic heterocycles. The van der Waals surface area contributed by atoms with E-state index in [9.17, 15) is 4.79 Å². The lowest BCUT2D eigenvalue weighted by molar-refractivity contribution is -0.127. The fraction of sp³-hybridized carbons (Fsp3) is 0.636. The molecule has 1 fully saturated rings. The van der Waals surface area contributed by atoms with Gasteiger partial charge >= 0.3 is 0 Å². The van der Waals surface area contributed by atoms with Crippen LogP contribution in [0.15, 0.2) is 23.2 Å². The molecule has 1 aromatic rings. The zero-order chi connectivity index (χ0) is 22.5. The first-order chi connectivity index (χ1) is 15.0. The number of likely N-dealkylation sites (N-methyl/N-ethyl adjacent to an activating group) is 1. The van der Waals surface area contributed by atoms with E-state index >= 15 is 0 Å². The third-order valence-electron chi connectivity index (χ3n) is 5.07. The van der Waals surface area contributed by atoms with Crippen molar-refractivity contribution in [3.63, 3.8) is 0 Å². The van der Waals surface area contributed by atoms with Crippen LogP contribution in [0.1, 0.15) is 12.0 Å². The molecule has 10 heteroatoms. The number of aliphatic imine (C=N–C) groups is 1. The molecular weight excluding hydrogens is 525 g/mol. The Morgan fingerprint density at radius 1 is 1.12 bits per heavy atom. The average molecular weight is 563 g/mol. The zero-order valence-electron chi connectivity index (χ0n) is 19.7. The number of nitrogens with zero attached hydrogens (tertiary/aromatic N) is 3. The zero-order valence-corrected chi connectivity index (χ0v) is 22.0. The molecule has 0 aliphatic carbocycles. The first kappa shape index (κ1) is 28.2. The van der Waals surface area contributed by atoms with E-state index in [1.54, 1.807) is 33.2 Å². The fourth-order valence-corrected chi connectivity index (χ4v) is 3.16. The van der Waals surface area contributed by atoms with Crippen LogP contribution in [0.3, 0.4) is 0 Å². The molecule has 1 saturated heterocycles. The molecule has 0 spiro atoms. The molecule has 2 N–H and O–H groups in total. The van der Waals surface area contributed by atoms with Gasteiger partial charge in [-0.15, -0.1) is 24.0 Å². The molecule has 1 aliphatic heterocycles. The van der Waals surface area contributed by atoms with Crippen molar-refractivity contribution in [2.24, 2.45) is 4.99 Å². The molecule has 2 rings (SSSR count).